The number of ether oxygens (including phenoxy) is 2. The Kier molecular flexibility index (Phi) is 3.52. The first-order chi connectivity index (χ1) is 8.85. The lowest BCUT2D eigenvalue weighted by Gasteiger charge is -2.57. The molecule has 110 valence electrons. The van der Waals surface area contributed by atoms with Crippen LogP contribution < -0.4 is 0 Å². The van der Waals surface area contributed by atoms with Crippen molar-refractivity contribution >= 4 is 7.92 Å². The third-order valence-corrected chi connectivity index (χ3v) is 9.38. The summed E-state index contributed by atoms with van der Waals surface area (Å²) in [7, 11) is 0.0385. The van der Waals surface area contributed by atoms with E-state index in [1.54, 1.807) is 0 Å². The van der Waals surface area contributed by atoms with Gasteiger partial charge in [-0.05, 0) is 28.8 Å². The predicted octanol–water partition coefficient (Wildman–Crippen LogP) is 4.51. The van der Waals surface area contributed by atoms with E-state index in [2.05, 4.69) is 27.7 Å². The second-order valence-electron chi connectivity index (χ2n) is 7.89. The topological polar surface area (TPSA) is 18.5 Å². The van der Waals surface area contributed by atoms with Crippen molar-refractivity contribution in [1.82, 2.24) is 0 Å². The Labute approximate surface area is 119 Å². The van der Waals surface area contributed by atoms with Crippen LogP contribution in [0.4, 0.5) is 0 Å². The van der Waals surface area contributed by atoms with Gasteiger partial charge in [0.25, 0.3) is 0 Å². The molecule has 0 unspecified atom stereocenters. The molecule has 0 aromatic heterocycles. The smallest absolute Gasteiger partial charge is 0.170 e. The zero-order valence-electron chi connectivity index (χ0n) is 13.0. The fourth-order valence-electron chi connectivity index (χ4n) is 5.22. The van der Waals surface area contributed by atoms with E-state index in [-0.39, 0.29) is 13.7 Å². The number of hydrogen-bond acceptors (Lipinski definition) is 2. The molecule has 1 aliphatic carbocycles. The average Bonchev–Trinajstić information content (AvgIpc) is 2.86. The van der Waals surface area contributed by atoms with Crippen LogP contribution in [0.5, 0.6) is 0 Å². The largest absolute Gasteiger partial charge is 0.347 e. The summed E-state index contributed by atoms with van der Waals surface area (Å²) in [6, 6.07) is 0. The molecule has 3 heteroatoms. The molecule has 2 aliphatic heterocycles. The SMILES string of the molecule is CC1(C)CC2(CC(C)(C)P1C1CCCC1)OCCO2. The van der Waals surface area contributed by atoms with Crippen LogP contribution >= 0.6 is 7.92 Å². The van der Waals surface area contributed by atoms with Crippen LogP contribution in [0.1, 0.15) is 66.2 Å². The van der Waals surface area contributed by atoms with Crippen molar-refractivity contribution in [2.24, 2.45) is 0 Å². The summed E-state index contributed by atoms with van der Waals surface area (Å²) >= 11 is 0. The Bertz CT molecular complexity index is 319. The molecule has 19 heavy (non-hydrogen) atoms. The van der Waals surface area contributed by atoms with Crippen molar-refractivity contribution in [3.63, 3.8) is 0 Å². The summed E-state index contributed by atoms with van der Waals surface area (Å²) in [6.07, 6.45) is 8.04. The van der Waals surface area contributed by atoms with Crippen LogP contribution in [0, 0.1) is 0 Å². The molecule has 2 saturated heterocycles. The average molecular weight is 284 g/mol. The van der Waals surface area contributed by atoms with E-state index >= 15 is 0 Å². The highest BCUT2D eigenvalue weighted by Gasteiger charge is 2.57. The van der Waals surface area contributed by atoms with E-state index in [0.29, 0.717) is 10.3 Å². The van der Waals surface area contributed by atoms with Crippen LogP contribution in [0.15, 0.2) is 0 Å². The quantitative estimate of drug-likeness (QED) is 0.660. The first-order valence-corrected chi connectivity index (χ1v) is 9.33. The number of hydrogen-bond donors (Lipinski definition) is 0. The summed E-state index contributed by atoms with van der Waals surface area (Å²) < 4.78 is 12.1. The monoisotopic (exact) mass is 284 g/mol. The van der Waals surface area contributed by atoms with Gasteiger partial charge in [-0.25, -0.2) is 0 Å². The molecule has 1 spiro atoms. The van der Waals surface area contributed by atoms with Crippen LogP contribution in [0.25, 0.3) is 0 Å². The van der Waals surface area contributed by atoms with Crippen molar-refractivity contribution in [2.45, 2.75) is 88.0 Å². The number of rotatable bonds is 1. The lowest BCUT2D eigenvalue weighted by Crippen LogP contribution is -2.52. The zero-order valence-corrected chi connectivity index (χ0v) is 13.9. The molecule has 0 radical (unpaired) electrons. The van der Waals surface area contributed by atoms with Gasteiger partial charge in [0.1, 0.15) is 0 Å². The van der Waals surface area contributed by atoms with Gasteiger partial charge in [-0.1, -0.05) is 48.5 Å². The van der Waals surface area contributed by atoms with Crippen molar-refractivity contribution in [2.75, 3.05) is 13.2 Å². The molecule has 0 amide bonds. The normalized spacial score (nSPS) is 34.1. The van der Waals surface area contributed by atoms with Crippen LogP contribution in [-0.4, -0.2) is 35.0 Å². The first kappa shape index (κ1) is 14.3. The Morgan fingerprint density at radius 2 is 1.32 bits per heavy atom. The molecular formula is C16H29O2P. The molecule has 3 fully saturated rings. The minimum Gasteiger partial charge on any atom is -0.347 e. The van der Waals surface area contributed by atoms with Gasteiger partial charge in [0, 0.05) is 12.8 Å². The summed E-state index contributed by atoms with van der Waals surface area (Å²) in [5, 5.41) is 0.771. The van der Waals surface area contributed by atoms with E-state index in [4.69, 9.17) is 9.47 Å². The summed E-state index contributed by atoms with van der Waals surface area (Å²) in [5.41, 5.74) is 0.985. The minimum atomic E-state index is -0.259. The fraction of sp³-hybridized carbons (Fsp3) is 1.00. The van der Waals surface area contributed by atoms with Crippen LogP contribution in [0.3, 0.4) is 0 Å². The molecule has 3 aliphatic rings. The molecule has 0 atom stereocenters. The standard InChI is InChI=1S/C16H29O2P/c1-14(2)11-16(17-9-10-18-16)12-15(3,4)19(14)13-7-5-6-8-13/h13H,5-12H2,1-4H3. The summed E-state index contributed by atoms with van der Waals surface area (Å²) in [4.78, 5) is 0. The summed E-state index contributed by atoms with van der Waals surface area (Å²) in [6.45, 7) is 11.5. The molecule has 2 heterocycles. The van der Waals surface area contributed by atoms with E-state index < -0.39 is 0 Å². The van der Waals surface area contributed by atoms with Crippen LogP contribution in [0.2, 0.25) is 0 Å². The van der Waals surface area contributed by atoms with Crippen LogP contribution in [-0.2, 0) is 9.47 Å². The maximum atomic E-state index is 6.05. The lowest BCUT2D eigenvalue weighted by atomic mass is 9.91. The Balaban J connectivity index is 1.88. The van der Waals surface area contributed by atoms with Gasteiger partial charge in [-0.15, -0.1) is 0 Å². The molecule has 1 saturated carbocycles. The molecule has 0 bridgehead atoms. The lowest BCUT2D eigenvalue weighted by molar-refractivity contribution is -0.178. The van der Waals surface area contributed by atoms with E-state index in [1.807, 2.05) is 0 Å². The van der Waals surface area contributed by atoms with Crippen molar-refractivity contribution in [3.8, 4) is 0 Å². The van der Waals surface area contributed by atoms with E-state index in [1.165, 1.54) is 25.7 Å². The van der Waals surface area contributed by atoms with Gasteiger partial charge in [-0.2, -0.15) is 0 Å². The Hall–Kier alpha value is 0.350. The molecule has 3 rings (SSSR count). The van der Waals surface area contributed by atoms with Gasteiger partial charge >= 0.3 is 0 Å². The maximum absolute atomic E-state index is 6.05. The van der Waals surface area contributed by atoms with E-state index in [0.717, 1.165) is 31.7 Å². The van der Waals surface area contributed by atoms with Crippen molar-refractivity contribution in [1.29, 1.82) is 0 Å². The third kappa shape index (κ3) is 2.49. The van der Waals surface area contributed by atoms with Gasteiger partial charge in [0.2, 0.25) is 0 Å². The summed E-state index contributed by atoms with van der Waals surface area (Å²) in [5.74, 6) is -0.259. The highest BCUT2D eigenvalue weighted by atomic mass is 31.1. The van der Waals surface area contributed by atoms with Gasteiger partial charge in [0.15, 0.2) is 5.79 Å². The highest BCUT2D eigenvalue weighted by molar-refractivity contribution is 7.61. The zero-order chi connectivity index (χ0) is 13.7. The van der Waals surface area contributed by atoms with Crippen molar-refractivity contribution < 1.29 is 9.47 Å². The molecule has 0 aromatic rings. The van der Waals surface area contributed by atoms with Crippen molar-refractivity contribution in [3.05, 3.63) is 0 Å². The molecule has 0 aromatic carbocycles. The van der Waals surface area contributed by atoms with Gasteiger partial charge < -0.3 is 9.47 Å². The maximum Gasteiger partial charge on any atom is 0.170 e. The molecular weight excluding hydrogens is 255 g/mol. The second kappa shape index (κ2) is 4.68. The fourth-order valence-corrected chi connectivity index (χ4v) is 10.5. The second-order valence-corrected chi connectivity index (χ2v) is 11.8. The Morgan fingerprint density at radius 1 is 0.842 bits per heavy atom. The third-order valence-electron chi connectivity index (χ3n) is 5.21. The minimum absolute atomic E-state index is 0.0385. The van der Waals surface area contributed by atoms with Gasteiger partial charge in [-0.3, -0.25) is 0 Å². The van der Waals surface area contributed by atoms with E-state index in [9.17, 15) is 0 Å². The van der Waals surface area contributed by atoms with Gasteiger partial charge in [0.05, 0.1) is 13.2 Å². The predicted molar refractivity (Wildman–Crippen MR) is 81.2 cm³/mol. The molecule has 0 N–H and O–H groups in total. The highest BCUT2D eigenvalue weighted by Crippen LogP contribution is 2.72. The Morgan fingerprint density at radius 3 is 1.79 bits per heavy atom. The first-order valence-electron chi connectivity index (χ1n) is 7.92. The molecule has 2 nitrogen and oxygen atoms in total.